The van der Waals surface area contributed by atoms with E-state index in [9.17, 15) is 4.79 Å². The lowest BCUT2D eigenvalue weighted by Crippen LogP contribution is -2.35. The first-order chi connectivity index (χ1) is 6.79. The minimum Gasteiger partial charge on any atom is -0.319 e. The molecule has 0 atom stereocenters. The molecule has 0 aromatic rings. The maximum Gasteiger partial charge on any atom is 0.227 e. The number of amides is 1. The molecule has 0 saturated heterocycles. The van der Waals surface area contributed by atoms with Crippen molar-refractivity contribution in [3.8, 4) is 0 Å². The van der Waals surface area contributed by atoms with E-state index in [-0.39, 0.29) is 5.91 Å². The van der Waals surface area contributed by atoms with Crippen molar-refractivity contribution in [1.29, 1.82) is 0 Å². The summed E-state index contributed by atoms with van der Waals surface area (Å²) in [6.07, 6.45) is 2.40. The van der Waals surface area contributed by atoms with Crippen LogP contribution in [-0.2, 0) is 4.79 Å². The summed E-state index contributed by atoms with van der Waals surface area (Å²) in [5.41, 5.74) is 0. The molecule has 1 N–H and O–H groups in total. The van der Waals surface area contributed by atoms with Gasteiger partial charge < -0.3 is 5.32 Å². The Morgan fingerprint density at radius 3 is 3.07 bits per heavy atom. The molecule has 0 spiro atoms. The Bertz CT molecular complexity index is 225. The lowest BCUT2D eigenvalue weighted by atomic mass is 10.2. The first kappa shape index (κ1) is 11.2. The van der Waals surface area contributed by atoms with Gasteiger partial charge in [0.15, 0.2) is 0 Å². The fraction of sp³-hybridized carbons (Fsp3) is 0.800. The first-order valence-corrected chi connectivity index (χ1v) is 5.28. The second-order valence-corrected chi connectivity index (χ2v) is 3.45. The quantitative estimate of drug-likeness (QED) is 0.703. The molecule has 0 unspecified atom stereocenters. The maximum absolute atomic E-state index is 11.6. The standard InChI is InChI=1S/C10H19N3O/c1-3-4-10(14)13-8-7-12-9(13)5-6-11-2/h11H,3-8H2,1-2H3. The molecule has 0 radical (unpaired) electrons. The molecule has 0 aromatic carbocycles. The van der Waals surface area contributed by atoms with Crippen LogP contribution in [0.4, 0.5) is 0 Å². The number of hydrogen-bond donors (Lipinski definition) is 1. The molecule has 0 aliphatic carbocycles. The Morgan fingerprint density at radius 1 is 1.64 bits per heavy atom. The minimum atomic E-state index is 0.222. The SMILES string of the molecule is CCCC(=O)N1CCN=C1CCNC. The molecule has 1 amide bonds. The van der Waals surface area contributed by atoms with Crippen molar-refractivity contribution in [2.24, 2.45) is 4.99 Å². The number of hydrogen-bond acceptors (Lipinski definition) is 3. The van der Waals surface area contributed by atoms with E-state index in [0.717, 1.165) is 38.3 Å². The second-order valence-electron chi connectivity index (χ2n) is 3.45. The molecule has 0 bridgehead atoms. The Balaban J connectivity index is 2.45. The van der Waals surface area contributed by atoms with Crippen molar-refractivity contribution in [2.45, 2.75) is 26.2 Å². The molecular formula is C10H19N3O. The van der Waals surface area contributed by atoms with Gasteiger partial charge in [-0.3, -0.25) is 14.7 Å². The molecule has 80 valence electrons. The van der Waals surface area contributed by atoms with Gasteiger partial charge in [-0.25, -0.2) is 0 Å². The lowest BCUT2D eigenvalue weighted by Gasteiger charge is -2.17. The van der Waals surface area contributed by atoms with Crippen LogP contribution in [0.1, 0.15) is 26.2 Å². The fourth-order valence-electron chi connectivity index (χ4n) is 1.56. The zero-order chi connectivity index (χ0) is 10.4. The number of carbonyl (C=O) groups excluding carboxylic acids is 1. The van der Waals surface area contributed by atoms with E-state index < -0.39 is 0 Å². The van der Waals surface area contributed by atoms with Crippen molar-refractivity contribution >= 4 is 11.7 Å². The minimum absolute atomic E-state index is 0.222. The largest absolute Gasteiger partial charge is 0.319 e. The van der Waals surface area contributed by atoms with Crippen LogP contribution in [0.15, 0.2) is 4.99 Å². The number of carbonyl (C=O) groups is 1. The second kappa shape index (κ2) is 5.75. The normalized spacial score (nSPS) is 15.9. The van der Waals surface area contributed by atoms with Gasteiger partial charge >= 0.3 is 0 Å². The van der Waals surface area contributed by atoms with Crippen LogP contribution in [-0.4, -0.2) is 43.3 Å². The third kappa shape index (κ3) is 2.80. The highest BCUT2D eigenvalue weighted by molar-refractivity contribution is 5.99. The van der Waals surface area contributed by atoms with Crippen LogP contribution in [0, 0.1) is 0 Å². The van der Waals surface area contributed by atoms with Gasteiger partial charge in [0.2, 0.25) is 5.91 Å². The van der Waals surface area contributed by atoms with Gasteiger partial charge in [-0.1, -0.05) is 6.92 Å². The third-order valence-corrected chi connectivity index (χ3v) is 2.29. The lowest BCUT2D eigenvalue weighted by molar-refractivity contribution is -0.127. The topological polar surface area (TPSA) is 44.7 Å². The van der Waals surface area contributed by atoms with Crippen LogP contribution in [0.3, 0.4) is 0 Å². The van der Waals surface area contributed by atoms with E-state index in [1.54, 1.807) is 0 Å². The molecule has 4 nitrogen and oxygen atoms in total. The van der Waals surface area contributed by atoms with Crippen LogP contribution in [0.5, 0.6) is 0 Å². The van der Waals surface area contributed by atoms with E-state index >= 15 is 0 Å². The van der Waals surface area contributed by atoms with E-state index in [1.165, 1.54) is 0 Å². The van der Waals surface area contributed by atoms with Crippen molar-refractivity contribution in [3.63, 3.8) is 0 Å². The summed E-state index contributed by atoms with van der Waals surface area (Å²) in [6, 6.07) is 0. The summed E-state index contributed by atoms with van der Waals surface area (Å²) in [6.45, 7) is 4.46. The average Bonchev–Trinajstić information content (AvgIpc) is 2.63. The summed E-state index contributed by atoms with van der Waals surface area (Å²) in [4.78, 5) is 17.8. The van der Waals surface area contributed by atoms with Gasteiger partial charge in [0.05, 0.1) is 6.54 Å². The fourth-order valence-corrected chi connectivity index (χ4v) is 1.56. The molecule has 0 fully saturated rings. The van der Waals surface area contributed by atoms with Gasteiger partial charge in [0.25, 0.3) is 0 Å². The highest BCUT2D eigenvalue weighted by Gasteiger charge is 2.21. The molecule has 4 heteroatoms. The molecule has 0 aromatic heterocycles. The Hall–Kier alpha value is -0.900. The average molecular weight is 197 g/mol. The number of rotatable bonds is 5. The summed E-state index contributed by atoms with van der Waals surface area (Å²) in [5.74, 6) is 1.18. The highest BCUT2D eigenvalue weighted by atomic mass is 16.2. The zero-order valence-corrected chi connectivity index (χ0v) is 9.05. The van der Waals surface area contributed by atoms with Crippen molar-refractivity contribution in [3.05, 3.63) is 0 Å². The van der Waals surface area contributed by atoms with Crippen molar-refractivity contribution < 1.29 is 4.79 Å². The Kier molecular flexibility index (Phi) is 4.59. The molecule has 1 rings (SSSR count). The van der Waals surface area contributed by atoms with Gasteiger partial charge in [-0.2, -0.15) is 0 Å². The van der Waals surface area contributed by atoms with Gasteiger partial charge in [-0.15, -0.1) is 0 Å². The number of amidine groups is 1. The van der Waals surface area contributed by atoms with Crippen LogP contribution in [0.2, 0.25) is 0 Å². The number of aliphatic imine (C=N–C) groups is 1. The van der Waals surface area contributed by atoms with Crippen LogP contribution < -0.4 is 5.32 Å². The molecule has 14 heavy (non-hydrogen) atoms. The predicted molar refractivity (Wildman–Crippen MR) is 57.5 cm³/mol. The number of nitrogens with zero attached hydrogens (tertiary/aromatic N) is 2. The summed E-state index contributed by atoms with van der Waals surface area (Å²) in [7, 11) is 1.91. The van der Waals surface area contributed by atoms with Gasteiger partial charge in [0.1, 0.15) is 5.84 Å². The molecule has 0 saturated carbocycles. The third-order valence-electron chi connectivity index (χ3n) is 2.29. The first-order valence-electron chi connectivity index (χ1n) is 5.28. The van der Waals surface area contributed by atoms with Gasteiger partial charge in [-0.05, 0) is 13.5 Å². The van der Waals surface area contributed by atoms with Crippen molar-refractivity contribution in [1.82, 2.24) is 10.2 Å². The van der Waals surface area contributed by atoms with E-state index in [1.807, 2.05) is 18.9 Å². The van der Waals surface area contributed by atoms with Crippen molar-refractivity contribution in [2.75, 3.05) is 26.7 Å². The smallest absolute Gasteiger partial charge is 0.227 e. The zero-order valence-electron chi connectivity index (χ0n) is 9.05. The van der Waals surface area contributed by atoms with E-state index in [4.69, 9.17) is 0 Å². The molecule has 1 heterocycles. The molecule has 1 aliphatic heterocycles. The van der Waals surface area contributed by atoms with E-state index in [2.05, 4.69) is 10.3 Å². The van der Waals surface area contributed by atoms with E-state index in [0.29, 0.717) is 6.42 Å². The summed E-state index contributed by atoms with van der Waals surface area (Å²) >= 11 is 0. The maximum atomic E-state index is 11.6. The Labute approximate surface area is 85.4 Å². The predicted octanol–water partition coefficient (Wildman–Crippen LogP) is 0.637. The number of nitrogens with one attached hydrogen (secondary N) is 1. The highest BCUT2D eigenvalue weighted by Crippen LogP contribution is 2.07. The van der Waals surface area contributed by atoms with Crippen LogP contribution >= 0.6 is 0 Å². The molecular weight excluding hydrogens is 178 g/mol. The Morgan fingerprint density at radius 2 is 2.43 bits per heavy atom. The van der Waals surface area contributed by atoms with Gasteiger partial charge in [0, 0.05) is 25.9 Å². The van der Waals surface area contributed by atoms with Crippen LogP contribution in [0.25, 0.3) is 0 Å². The monoisotopic (exact) mass is 197 g/mol. The summed E-state index contributed by atoms with van der Waals surface area (Å²) < 4.78 is 0. The molecule has 1 aliphatic rings. The summed E-state index contributed by atoms with van der Waals surface area (Å²) in [5, 5.41) is 3.07.